The van der Waals surface area contributed by atoms with Gasteiger partial charge >= 0.3 is 5.97 Å². The Morgan fingerprint density at radius 1 is 1.35 bits per heavy atom. The molecule has 1 aromatic heterocycles. The fourth-order valence-corrected chi connectivity index (χ4v) is 3.19. The van der Waals surface area contributed by atoms with Gasteiger partial charge in [0.2, 0.25) is 0 Å². The zero-order valence-electron chi connectivity index (χ0n) is 13.0. The zero-order chi connectivity index (χ0) is 16.6. The number of aromatic nitrogens is 1. The Kier molecular flexibility index (Phi) is 4.04. The number of methoxy groups -OCH3 is 1. The molecule has 2 heterocycles. The maximum absolute atomic E-state index is 12.5. The number of ether oxygens (including phenoxy) is 2. The van der Waals surface area contributed by atoms with Crippen molar-refractivity contribution in [2.24, 2.45) is 0 Å². The Labute approximate surface area is 137 Å². The molecule has 2 atom stereocenters. The van der Waals surface area contributed by atoms with Gasteiger partial charge in [0, 0.05) is 11.5 Å². The number of esters is 1. The molecule has 1 aromatic carbocycles. The fourth-order valence-electron chi connectivity index (χ4n) is 2.46. The van der Waals surface area contributed by atoms with Crippen LogP contribution >= 0.6 is 11.3 Å². The average Bonchev–Trinajstić information content (AvgIpc) is 3.12. The summed E-state index contributed by atoms with van der Waals surface area (Å²) in [4.78, 5) is 28.3. The second-order valence-electron chi connectivity index (χ2n) is 5.31. The zero-order valence-corrected chi connectivity index (χ0v) is 13.8. The molecule has 1 N–H and O–H groups in total. The number of hydrogen-bond acceptors (Lipinski definition) is 6. The standard InChI is InChI=1S/C16H16N2O4S/c1-8-9(2)22-13-10(8)5-4-6-11(13)14(19)18-16-17-7-12(23-16)15(20)21-3/h4-9H,1-3H3,(H,17,18,19). The third kappa shape index (κ3) is 2.79. The van der Waals surface area contributed by atoms with E-state index in [1.54, 1.807) is 6.07 Å². The molecule has 0 radical (unpaired) electrons. The molecule has 120 valence electrons. The number of carbonyl (C=O) groups is 2. The number of rotatable bonds is 3. The summed E-state index contributed by atoms with van der Waals surface area (Å²) in [5.74, 6) is 0.0711. The van der Waals surface area contributed by atoms with Crippen LogP contribution in [-0.2, 0) is 4.74 Å². The summed E-state index contributed by atoms with van der Waals surface area (Å²) in [7, 11) is 1.30. The molecule has 0 fully saturated rings. The van der Waals surface area contributed by atoms with E-state index in [0.29, 0.717) is 21.3 Å². The topological polar surface area (TPSA) is 77.5 Å². The molecular weight excluding hydrogens is 316 g/mol. The van der Waals surface area contributed by atoms with Crippen LogP contribution in [0.25, 0.3) is 0 Å². The van der Waals surface area contributed by atoms with Crippen LogP contribution in [0.2, 0.25) is 0 Å². The fraction of sp³-hybridized carbons (Fsp3) is 0.312. The van der Waals surface area contributed by atoms with Crippen LogP contribution in [0, 0.1) is 0 Å². The maximum Gasteiger partial charge on any atom is 0.349 e. The SMILES string of the molecule is COC(=O)c1cnc(NC(=O)c2cccc3c2OC(C)C3C)s1. The van der Waals surface area contributed by atoms with Crippen molar-refractivity contribution >= 4 is 28.3 Å². The molecule has 1 aliphatic rings. The lowest BCUT2D eigenvalue weighted by molar-refractivity contribution is 0.0606. The predicted octanol–water partition coefficient (Wildman–Crippen LogP) is 3.07. The number of carbonyl (C=O) groups excluding carboxylic acids is 2. The molecule has 2 unspecified atom stereocenters. The van der Waals surface area contributed by atoms with E-state index in [4.69, 9.17) is 4.74 Å². The minimum Gasteiger partial charge on any atom is -0.489 e. The Hall–Kier alpha value is -2.41. The minimum absolute atomic E-state index is 0.0322. The normalized spacial score (nSPS) is 18.9. The van der Waals surface area contributed by atoms with E-state index >= 15 is 0 Å². The third-order valence-corrected chi connectivity index (χ3v) is 4.79. The van der Waals surface area contributed by atoms with Gasteiger partial charge in [-0.2, -0.15) is 0 Å². The molecule has 3 rings (SSSR count). The van der Waals surface area contributed by atoms with Crippen molar-refractivity contribution in [1.82, 2.24) is 4.98 Å². The first-order chi connectivity index (χ1) is 11.0. The number of benzene rings is 1. The summed E-state index contributed by atoms with van der Waals surface area (Å²) in [6, 6.07) is 5.53. The van der Waals surface area contributed by atoms with Crippen LogP contribution in [0.1, 0.15) is 45.4 Å². The highest BCUT2D eigenvalue weighted by Crippen LogP contribution is 2.40. The quantitative estimate of drug-likeness (QED) is 0.874. The molecule has 0 spiro atoms. The number of hydrogen-bond donors (Lipinski definition) is 1. The molecule has 23 heavy (non-hydrogen) atoms. The van der Waals surface area contributed by atoms with Crippen LogP contribution in [0.4, 0.5) is 5.13 Å². The summed E-state index contributed by atoms with van der Waals surface area (Å²) in [6.45, 7) is 4.05. The highest BCUT2D eigenvalue weighted by atomic mass is 32.1. The molecule has 1 amide bonds. The molecule has 7 heteroatoms. The van der Waals surface area contributed by atoms with Gasteiger partial charge in [0.05, 0.1) is 18.9 Å². The minimum atomic E-state index is -0.477. The van der Waals surface area contributed by atoms with Crippen molar-refractivity contribution in [1.29, 1.82) is 0 Å². The Balaban J connectivity index is 1.83. The van der Waals surface area contributed by atoms with Crippen molar-refractivity contribution in [2.75, 3.05) is 12.4 Å². The van der Waals surface area contributed by atoms with Crippen LogP contribution < -0.4 is 10.1 Å². The first kappa shape index (κ1) is 15.5. The van der Waals surface area contributed by atoms with Gasteiger partial charge in [0.1, 0.15) is 16.7 Å². The lowest BCUT2D eigenvalue weighted by atomic mass is 9.97. The highest BCUT2D eigenvalue weighted by molar-refractivity contribution is 7.17. The number of nitrogens with one attached hydrogen (secondary N) is 1. The van der Waals surface area contributed by atoms with Gasteiger partial charge in [0.15, 0.2) is 5.13 Å². The van der Waals surface area contributed by atoms with E-state index in [2.05, 4.69) is 22.0 Å². The van der Waals surface area contributed by atoms with Crippen molar-refractivity contribution in [3.63, 3.8) is 0 Å². The second kappa shape index (κ2) is 6.00. The number of thiazole rings is 1. The predicted molar refractivity (Wildman–Crippen MR) is 86.4 cm³/mol. The molecule has 0 bridgehead atoms. The molecule has 2 aromatic rings. The molecule has 0 saturated heterocycles. The van der Waals surface area contributed by atoms with Crippen molar-refractivity contribution < 1.29 is 19.1 Å². The summed E-state index contributed by atoms with van der Waals surface area (Å²) in [6.07, 6.45) is 1.41. The lowest BCUT2D eigenvalue weighted by Gasteiger charge is -2.09. The van der Waals surface area contributed by atoms with Crippen molar-refractivity contribution in [2.45, 2.75) is 25.9 Å². The molecule has 6 nitrogen and oxygen atoms in total. The van der Waals surface area contributed by atoms with Crippen molar-refractivity contribution in [3.8, 4) is 5.75 Å². The van der Waals surface area contributed by atoms with Gasteiger partial charge in [0.25, 0.3) is 5.91 Å². The number of nitrogens with zero attached hydrogens (tertiary/aromatic N) is 1. The number of para-hydroxylation sites is 1. The van der Waals surface area contributed by atoms with Gasteiger partial charge < -0.3 is 9.47 Å². The molecule has 0 saturated carbocycles. The van der Waals surface area contributed by atoms with Gasteiger partial charge in [-0.1, -0.05) is 30.4 Å². The van der Waals surface area contributed by atoms with Crippen LogP contribution in [0.3, 0.4) is 0 Å². The van der Waals surface area contributed by atoms with Crippen LogP contribution in [0.5, 0.6) is 5.75 Å². The summed E-state index contributed by atoms with van der Waals surface area (Å²) >= 11 is 1.06. The molecule has 1 aliphatic heterocycles. The van der Waals surface area contributed by atoms with Gasteiger partial charge in [-0.25, -0.2) is 9.78 Å². The number of fused-ring (bicyclic) bond motifs is 1. The first-order valence-electron chi connectivity index (χ1n) is 7.16. The van der Waals surface area contributed by atoms with E-state index in [-0.39, 0.29) is 17.9 Å². The Morgan fingerprint density at radius 3 is 2.87 bits per heavy atom. The molecule has 0 aliphatic carbocycles. The summed E-state index contributed by atoms with van der Waals surface area (Å²) < 4.78 is 10.4. The van der Waals surface area contributed by atoms with Gasteiger partial charge in [-0.3, -0.25) is 10.1 Å². The monoisotopic (exact) mass is 332 g/mol. The number of anilines is 1. The molecular formula is C16H16N2O4S. The highest BCUT2D eigenvalue weighted by Gasteiger charge is 2.31. The van der Waals surface area contributed by atoms with E-state index in [1.165, 1.54) is 13.3 Å². The summed E-state index contributed by atoms with van der Waals surface area (Å²) in [5, 5.41) is 3.04. The van der Waals surface area contributed by atoms with E-state index in [0.717, 1.165) is 16.9 Å². The van der Waals surface area contributed by atoms with Gasteiger partial charge in [-0.05, 0) is 13.0 Å². The first-order valence-corrected chi connectivity index (χ1v) is 7.98. The Morgan fingerprint density at radius 2 is 2.13 bits per heavy atom. The van der Waals surface area contributed by atoms with Gasteiger partial charge in [-0.15, -0.1) is 0 Å². The van der Waals surface area contributed by atoms with E-state index in [1.807, 2.05) is 19.1 Å². The van der Waals surface area contributed by atoms with E-state index < -0.39 is 5.97 Å². The van der Waals surface area contributed by atoms with Crippen molar-refractivity contribution in [3.05, 3.63) is 40.4 Å². The maximum atomic E-state index is 12.5. The van der Waals surface area contributed by atoms with Crippen LogP contribution in [-0.4, -0.2) is 30.1 Å². The lowest BCUT2D eigenvalue weighted by Crippen LogP contribution is -2.14. The van der Waals surface area contributed by atoms with E-state index in [9.17, 15) is 9.59 Å². The largest absolute Gasteiger partial charge is 0.489 e. The Bertz CT molecular complexity index is 771. The average molecular weight is 332 g/mol. The third-order valence-electron chi connectivity index (χ3n) is 3.90. The number of amides is 1. The second-order valence-corrected chi connectivity index (χ2v) is 6.34. The van der Waals surface area contributed by atoms with Crippen LogP contribution in [0.15, 0.2) is 24.4 Å². The smallest absolute Gasteiger partial charge is 0.349 e. The summed E-state index contributed by atoms with van der Waals surface area (Å²) in [5.41, 5.74) is 1.49.